The van der Waals surface area contributed by atoms with Crippen LogP contribution < -0.4 is 0 Å². The van der Waals surface area contributed by atoms with Gasteiger partial charge in [-0.15, -0.1) is 0 Å². The second-order valence-electron chi connectivity index (χ2n) is 3.72. The Hall–Kier alpha value is -2.14. The number of pyridine rings is 1. The minimum Gasteiger partial charge on any atom is -0.264 e. The second-order valence-corrected chi connectivity index (χ2v) is 3.72. The largest absolute Gasteiger partial charge is 0.264 e. The molecule has 1 aromatic carbocycles. The summed E-state index contributed by atoms with van der Waals surface area (Å²) in [6, 6.07) is 12.3. The third kappa shape index (κ3) is 2.09. The highest BCUT2D eigenvalue weighted by atomic mass is 14.6. The van der Waals surface area contributed by atoms with E-state index in [1.54, 1.807) is 6.20 Å². The zero-order chi connectivity index (χ0) is 11.4. The molecule has 0 aliphatic heterocycles. The monoisotopic (exact) mass is 208 g/mol. The van der Waals surface area contributed by atoms with Crippen LogP contribution in [0.4, 0.5) is 0 Å². The molecule has 0 aliphatic rings. The summed E-state index contributed by atoms with van der Waals surface area (Å²) in [5.41, 5.74) is 4.45. The average Bonchev–Trinajstić information content (AvgIpc) is 2.33. The molecule has 2 nitrogen and oxygen atoms in total. The van der Waals surface area contributed by atoms with Gasteiger partial charge in [0.15, 0.2) is 0 Å². The van der Waals surface area contributed by atoms with Crippen LogP contribution >= 0.6 is 0 Å². The quantitative estimate of drug-likeness (QED) is 0.760. The lowest BCUT2D eigenvalue weighted by Crippen LogP contribution is -1.89. The van der Waals surface area contributed by atoms with Crippen LogP contribution in [-0.2, 0) is 6.42 Å². The van der Waals surface area contributed by atoms with Crippen LogP contribution in [0.1, 0.15) is 11.1 Å². The van der Waals surface area contributed by atoms with Crippen molar-refractivity contribution in [2.45, 2.75) is 13.3 Å². The molecule has 2 aromatic rings. The lowest BCUT2D eigenvalue weighted by molar-refractivity contribution is 1.21. The first-order valence-electron chi connectivity index (χ1n) is 5.18. The molecule has 0 radical (unpaired) electrons. The first kappa shape index (κ1) is 10.4. The Morgan fingerprint density at radius 3 is 2.81 bits per heavy atom. The molecule has 2 rings (SSSR count). The third-order valence-corrected chi connectivity index (χ3v) is 2.61. The van der Waals surface area contributed by atoms with Crippen LogP contribution in [0.2, 0.25) is 0 Å². The molecule has 0 spiro atoms. The topological polar surface area (TPSA) is 36.7 Å². The van der Waals surface area contributed by atoms with E-state index in [-0.39, 0.29) is 0 Å². The van der Waals surface area contributed by atoms with Gasteiger partial charge in [-0.05, 0) is 41.3 Å². The van der Waals surface area contributed by atoms with E-state index in [2.05, 4.69) is 29.3 Å². The molecule has 78 valence electrons. The average molecular weight is 208 g/mol. The summed E-state index contributed by atoms with van der Waals surface area (Å²) in [7, 11) is 0. The molecule has 16 heavy (non-hydrogen) atoms. The van der Waals surface area contributed by atoms with E-state index >= 15 is 0 Å². The van der Waals surface area contributed by atoms with Gasteiger partial charge in [0.25, 0.3) is 0 Å². The number of hydrogen-bond acceptors (Lipinski definition) is 2. The van der Waals surface area contributed by atoms with Crippen molar-refractivity contribution in [3.05, 3.63) is 53.9 Å². The van der Waals surface area contributed by atoms with Gasteiger partial charge in [-0.25, -0.2) is 0 Å². The van der Waals surface area contributed by atoms with Gasteiger partial charge in [-0.1, -0.05) is 18.2 Å². The number of nitrogens with zero attached hydrogens (tertiary/aromatic N) is 2. The molecule has 0 N–H and O–H groups in total. The van der Waals surface area contributed by atoms with Gasteiger partial charge in [0.1, 0.15) is 0 Å². The highest BCUT2D eigenvalue weighted by Crippen LogP contribution is 2.21. The van der Waals surface area contributed by atoms with Gasteiger partial charge < -0.3 is 0 Å². The van der Waals surface area contributed by atoms with Crippen LogP contribution in [0.3, 0.4) is 0 Å². The Labute approximate surface area is 95.2 Å². The zero-order valence-corrected chi connectivity index (χ0v) is 9.14. The molecule has 0 amide bonds. The molecule has 0 atom stereocenters. The summed E-state index contributed by atoms with van der Waals surface area (Å²) < 4.78 is 0. The molecule has 0 saturated heterocycles. The molecular weight excluding hydrogens is 196 g/mol. The van der Waals surface area contributed by atoms with Crippen molar-refractivity contribution in [1.29, 1.82) is 5.26 Å². The van der Waals surface area contributed by atoms with E-state index in [4.69, 9.17) is 5.26 Å². The molecule has 2 heteroatoms. The van der Waals surface area contributed by atoms with Gasteiger partial charge in [0.2, 0.25) is 0 Å². The fraction of sp³-hybridized carbons (Fsp3) is 0.143. The van der Waals surface area contributed by atoms with Crippen LogP contribution in [0.15, 0.2) is 42.7 Å². The molecule has 0 fully saturated rings. The minimum absolute atomic E-state index is 0.458. The van der Waals surface area contributed by atoms with E-state index in [0.717, 1.165) is 22.3 Å². The number of nitriles is 1. The molecule has 0 unspecified atom stereocenters. The summed E-state index contributed by atoms with van der Waals surface area (Å²) in [6.07, 6.45) is 4.05. The molecular formula is C14H12N2. The van der Waals surface area contributed by atoms with E-state index in [1.165, 1.54) is 0 Å². The number of aryl methyl sites for hydroxylation is 1. The molecule has 1 heterocycles. The van der Waals surface area contributed by atoms with E-state index in [0.29, 0.717) is 6.42 Å². The Balaban J connectivity index is 2.45. The SMILES string of the molecule is Cc1ccc(-c2cccnc2)cc1CC#N. The standard InChI is InChI=1S/C14H12N2/c1-11-4-5-13(9-12(11)6-7-15)14-3-2-8-16-10-14/h2-5,8-10H,6H2,1H3. The molecule has 0 bridgehead atoms. The number of rotatable bonds is 2. The third-order valence-electron chi connectivity index (χ3n) is 2.61. The number of benzene rings is 1. The smallest absolute Gasteiger partial charge is 0.0669 e. The Morgan fingerprint density at radius 1 is 1.25 bits per heavy atom. The van der Waals surface area contributed by atoms with Crippen molar-refractivity contribution in [3.8, 4) is 17.2 Å². The maximum absolute atomic E-state index is 8.74. The Kier molecular flexibility index (Phi) is 2.98. The highest BCUT2D eigenvalue weighted by molar-refractivity contribution is 5.64. The van der Waals surface area contributed by atoms with E-state index in [9.17, 15) is 0 Å². The summed E-state index contributed by atoms with van der Waals surface area (Å²) in [5, 5.41) is 8.74. The van der Waals surface area contributed by atoms with E-state index in [1.807, 2.05) is 25.3 Å². The van der Waals surface area contributed by atoms with Crippen LogP contribution in [-0.4, -0.2) is 4.98 Å². The van der Waals surface area contributed by atoms with Gasteiger partial charge in [0.05, 0.1) is 12.5 Å². The summed E-state index contributed by atoms with van der Waals surface area (Å²) >= 11 is 0. The number of aromatic nitrogens is 1. The van der Waals surface area contributed by atoms with Gasteiger partial charge >= 0.3 is 0 Å². The predicted octanol–water partition coefficient (Wildman–Crippen LogP) is 3.12. The first-order valence-corrected chi connectivity index (χ1v) is 5.18. The van der Waals surface area contributed by atoms with Crippen LogP contribution in [0, 0.1) is 18.3 Å². The first-order chi connectivity index (χ1) is 7.81. The lowest BCUT2D eigenvalue weighted by atomic mass is 9.99. The molecule has 0 saturated carbocycles. The van der Waals surface area contributed by atoms with Crippen LogP contribution in [0.5, 0.6) is 0 Å². The maximum atomic E-state index is 8.74. The zero-order valence-electron chi connectivity index (χ0n) is 9.14. The normalized spacial score (nSPS) is 9.75. The fourth-order valence-electron chi connectivity index (χ4n) is 1.66. The fourth-order valence-corrected chi connectivity index (χ4v) is 1.66. The summed E-state index contributed by atoms with van der Waals surface area (Å²) in [6.45, 7) is 2.03. The molecule has 0 aliphatic carbocycles. The van der Waals surface area contributed by atoms with Crippen LogP contribution in [0.25, 0.3) is 11.1 Å². The van der Waals surface area contributed by atoms with Crippen molar-refractivity contribution in [2.24, 2.45) is 0 Å². The summed E-state index contributed by atoms with van der Waals surface area (Å²) in [4.78, 5) is 4.09. The highest BCUT2D eigenvalue weighted by Gasteiger charge is 2.02. The van der Waals surface area contributed by atoms with E-state index < -0.39 is 0 Å². The Morgan fingerprint density at radius 2 is 2.12 bits per heavy atom. The van der Waals surface area contributed by atoms with Crippen molar-refractivity contribution in [2.75, 3.05) is 0 Å². The minimum atomic E-state index is 0.458. The second kappa shape index (κ2) is 4.59. The predicted molar refractivity (Wildman–Crippen MR) is 63.7 cm³/mol. The van der Waals surface area contributed by atoms with Crippen molar-refractivity contribution in [3.63, 3.8) is 0 Å². The van der Waals surface area contributed by atoms with Crippen molar-refractivity contribution < 1.29 is 0 Å². The maximum Gasteiger partial charge on any atom is 0.0669 e. The van der Waals surface area contributed by atoms with Gasteiger partial charge in [-0.3, -0.25) is 4.98 Å². The number of hydrogen-bond donors (Lipinski definition) is 0. The van der Waals surface area contributed by atoms with Gasteiger partial charge in [-0.2, -0.15) is 5.26 Å². The van der Waals surface area contributed by atoms with Crippen molar-refractivity contribution in [1.82, 2.24) is 4.98 Å². The summed E-state index contributed by atoms with van der Waals surface area (Å²) in [5.74, 6) is 0. The Bertz CT molecular complexity index is 524. The lowest BCUT2D eigenvalue weighted by Gasteiger charge is -2.05. The molecule has 1 aromatic heterocycles. The van der Waals surface area contributed by atoms with Crippen molar-refractivity contribution >= 4 is 0 Å². The van der Waals surface area contributed by atoms with Gasteiger partial charge in [0, 0.05) is 12.4 Å².